The zero-order valence-electron chi connectivity index (χ0n) is 11.4. The number of nitrogens with zero attached hydrogens (tertiary/aromatic N) is 2. The molecular formula is C10H17F3N4O2S. The van der Waals surface area contributed by atoms with Crippen molar-refractivity contribution in [2.75, 3.05) is 20.1 Å². The topological polar surface area (TPSA) is 76.0 Å². The van der Waals surface area contributed by atoms with Gasteiger partial charge in [0.25, 0.3) is 0 Å². The highest BCUT2D eigenvalue weighted by molar-refractivity contribution is 7.89. The molecule has 0 amide bonds. The zero-order chi connectivity index (χ0) is 15.6. The summed E-state index contributed by atoms with van der Waals surface area (Å²) >= 11 is 0. The molecule has 0 saturated heterocycles. The minimum absolute atomic E-state index is 0.174. The van der Waals surface area contributed by atoms with E-state index in [0.29, 0.717) is 18.8 Å². The first-order chi connectivity index (χ1) is 9.08. The highest BCUT2D eigenvalue weighted by Crippen LogP contribution is 2.20. The lowest BCUT2D eigenvalue weighted by atomic mass is 10.4. The van der Waals surface area contributed by atoms with Gasteiger partial charge >= 0.3 is 6.18 Å². The Labute approximate surface area is 115 Å². The van der Waals surface area contributed by atoms with Gasteiger partial charge in [0.2, 0.25) is 10.0 Å². The Hall–Kier alpha value is -1.13. The summed E-state index contributed by atoms with van der Waals surface area (Å²) in [5.41, 5.74) is 0.487. The van der Waals surface area contributed by atoms with Crippen LogP contribution in [0.15, 0.2) is 4.90 Å². The quantitative estimate of drug-likeness (QED) is 0.804. The molecule has 0 radical (unpaired) electrons. The molecule has 0 aliphatic rings. The lowest BCUT2D eigenvalue weighted by Gasteiger charge is -2.10. The molecule has 0 fully saturated rings. The number of hydrogen-bond donors (Lipinski definition) is 2. The SMILES string of the molecule is CNCCn1nc(C)c(S(=O)(=O)NCC(F)(F)F)c1C. The molecule has 0 bridgehead atoms. The van der Waals surface area contributed by atoms with Crippen LogP contribution in [0.5, 0.6) is 0 Å². The van der Waals surface area contributed by atoms with Crippen LogP contribution in [0, 0.1) is 13.8 Å². The first-order valence-corrected chi connectivity index (χ1v) is 7.32. The van der Waals surface area contributed by atoms with Crippen LogP contribution in [0.4, 0.5) is 13.2 Å². The van der Waals surface area contributed by atoms with Crippen LogP contribution in [0.25, 0.3) is 0 Å². The standard InChI is InChI=1S/C10H17F3N4O2S/c1-7-9(8(2)17(16-7)5-4-14-3)20(18,19)15-6-10(11,12)13/h14-15H,4-6H2,1-3H3. The molecule has 116 valence electrons. The number of sulfonamides is 1. The molecule has 1 heterocycles. The van der Waals surface area contributed by atoms with Gasteiger partial charge in [-0.3, -0.25) is 4.68 Å². The van der Waals surface area contributed by atoms with Gasteiger partial charge in [0.1, 0.15) is 11.4 Å². The van der Waals surface area contributed by atoms with Gasteiger partial charge in [-0.15, -0.1) is 0 Å². The van der Waals surface area contributed by atoms with E-state index in [2.05, 4.69) is 10.4 Å². The molecule has 2 N–H and O–H groups in total. The predicted octanol–water partition coefficient (Wildman–Crippen LogP) is 0.560. The first kappa shape index (κ1) is 16.9. The summed E-state index contributed by atoms with van der Waals surface area (Å²) in [6, 6.07) is 0. The third-order valence-electron chi connectivity index (χ3n) is 2.62. The highest BCUT2D eigenvalue weighted by atomic mass is 32.2. The molecule has 0 atom stereocenters. The summed E-state index contributed by atoms with van der Waals surface area (Å²) in [5, 5.41) is 6.92. The van der Waals surface area contributed by atoms with Gasteiger partial charge in [-0.1, -0.05) is 0 Å². The van der Waals surface area contributed by atoms with Crippen LogP contribution >= 0.6 is 0 Å². The van der Waals surface area contributed by atoms with E-state index >= 15 is 0 Å². The third kappa shape index (κ3) is 4.18. The Morgan fingerprint density at radius 2 is 1.90 bits per heavy atom. The van der Waals surface area contributed by atoms with Crippen molar-refractivity contribution >= 4 is 10.0 Å². The molecule has 0 spiro atoms. The Bertz CT molecular complexity index is 566. The number of hydrogen-bond acceptors (Lipinski definition) is 4. The molecule has 0 aromatic carbocycles. The van der Waals surface area contributed by atoms with E-state index < -0.39 is 22.7 Å². The van der Waals surface area contributed by atoms with Gasteiger partial charge in [0.15, 0.2) is 0 Å². The smallest absolute Gasteiger partial charge is 0.318 e. The van der Waals surface area contributed by atoms with E-state index in [4.69, 9.17) is 0 Å². The molecule has 6 nitrogen and oxygen atoms in total. The van der Waals surface area contributed by atoms with Crippen molar-refractivity contribution in [2.45, 2.75) is 31.5 Å². The number of aryl methyl sites for hydroxylation is 1. The maximum atomic E-state index is 12.1. The summed E-state index contributed by atoms with van der Waals surface area (Å²) in [6.45, 7) is 2.36. The molecule has 0 aliphatic carbocycles. The maximum Gasteiger partial charge on any atom is 0.402 e. The summed E-state index contributed by atoms with van der Waals surface area (Å²) in [7, 11) is -2.50. The van der Waals surface area contributed by atoms with Crippen LogP contribution in [0.3, 0.4) is 0 Å². The van der Waals surface area contributed by atoms with Gasteiger partial charge in [0, 0.05) is 6.54 Å². The van der Waals surface area contributed by atoms with Gasteiger partial charge < -0.3 is 5.32 Å². The number of likely N-dealkylation sites (N-methyl/N-ethyl adjacent to an activating group) is 1. The number of halogens is 3. The van der Waals surface area contributed by atoms with E-state index in [0.717, 1.165) is 0 Å². The largest absolute Gasteiger partial charge is 0.402 e. The lowest BCUT2D eigenvalue weighted by Crippen LogP contribution is -2.34. The van der Waals surface area contributed by atoms with E-state index in [1.165, 1.54) is 18.5 Å². The molecule has 0 unspecified atom stereocenters. The Balaban J connectivity index is 3.03. The normalized spacial score (nSPS) is 12.9. The second-order valence-electron chi connectivity index (χ2n) is 4.27. The van der Waals surface area contributed by atoms with Crippen molar-refractivity contribution in [1.29, 1.82) is 0 Å². The number of nitrogens with one attached hydrogen (secondary N) is 2. The van der Waals surface area contributed by atoms with E-state index in [9.17, 15) is 21.6 Å². The van der Waals surface area contributed by atoms with E-state index in [1.807, 2.05) is 0 Å². The highest BCUT2D eigenvalue weighted by Gasteiger charge is 2.32. The molecule has 1 aromatic rings. The second kappa shape index (κ2) is 6.10. The average molecular weight is 314 g/mol. The van der Waals surface area contributed by atoms with Crippen LogP contribution < -0.4 is 10.0 Å². The molecule has 0 aliphatic heterocycles. The van der Waals surface area contributed by atoms with E-state index in [1.54, 1.807) is 11.8 Å². The average Bonchev–Trinajstić information content (AvgIpc) is 2.59. The Morgan fingerprint density at radius 1 is 1.30 bits per heavy atom. The predicted molar refractivity (Wildman–Crippen MR) is 66.9 cm³/mol. The zero-order valence-corrected chi connectivity index (χ0v) is 12.2. The van der Waals surface area contributed by atoms with Crippen LogP contribution in [-0.2, 0) is 16.6 Å². The fraction of sp³-hybridized carbons (Fsp3) is 0.700. The van der Waals surface area contributed by atoms with E-state index in [-0.39, 0.29) is 10.6 Å². The fourth-order valence-corrected chi connectivity index (χ4v) is 3.18. The van der Waals surface area contributed by atoms with Crippen LogP contribution in [0.2, 0.25) is 0 Å². The van der Waals surface area contributed by atoms with Crippen molar-refractivity contribution in [3.63, 3.8) is 0 Å². The third-order valence-corrected chi connectivity index (χ3v) is 4.27. The number of alkyl halides is 3. The molecule has 10 heteroatoms. The molecule has 1 rings (SSSR count). The maximum absolute atomic E-state index is 12.1. The summed E-state index contributed by atoms with van der Waals surface area (Å²) in [5.74, 6) is 0. The van der Waals surface area contributed by atoms with Crippen molar-refractivity contribution < 1.29 is 21.6 Å². The summed E-state index contributed by atoms with van der Waals surface area (Å²) in [4.78, 5) is -0.196. The fourth-order valence-electron chi connectivity index (χ4n) is 1.75. The molecule has 0 saturated carbocycles. The Morgan fingerprint density at radius 3 is 2.40 bits per heavy atom. The molecule has 1 aromatic heterocycles. The lowest BCUT2D eigenvalue weighted by molar-refractivity contribution is -0.121. The number of rotatable bonds is 6. The minimum Gasteiger partial charge on any atom is -0.318 e. The summed E-state index contributed by atoms with van der Waals surface area (Å²) in [6.07, 6.45) is -4.60. The first-order valence-electron chi connectivity index (χ1n) is 5.83. The van der Waals surface area contributed by atoms with Gasteiger partial charge in [-0.25, -0.2) is 13.1 Å². The van der Waals surface area contributed by atoms with Crippen molar-refractivity contribution in [3.05, 3.63) is 11.4 Å². The Kier molecular flexibility index (Phi) is 5.16. The molecule has 20 heavy (non-hydrogen) atoms. The molecular weight excluding hydrogens is 297 g/mol. The number of aromatic nitrogens is 2. The minimum atomic E-state index is -4.60. The second-order valence-corrected chi connectivity index (χ2v) is 5.97. The van der Waals surface area contributed by atoms with Gasteiger partial charge in [-0.05, 0) is 20.9 Å². The monoisotopic (exact) mass is 314 g/mol. The van der Waals surface area contributed by atoms with Crippen molar-refractivity contribution in [3.8, 4) is 0 Å². The van der Waals surface area contributed by atoms with Gasteiger partial charge in [0.05, 0.1) is 17.9 Å². The van der Waals surface area contributed by atoms with Crippen LogP contribution in [0.1, 0.15) is 11.4 Å². The summed E-state index contributed by atoms with van der Waals surface area (Å²) < 4.78 is 63.2. The van der Waals surface area contributed by atoms with Crippen molar-refractivity contribution in [1.82, 2.24) is 19.8 Å². The van der Waals surface area contributed by atoms with Crippen molar-refractivity contribution in [2.24, 2.45) is 0 Å². The van der Waals surface area contributed by atoms with Gasteiger partial charge in [-0.2, -0.15) is 18.3 Å². The van der Waals surface area contributed by atoms with Crippen LogP contribution in [-0.4, -0.2) is 44.5 Å².